The molecule has 4 rings (SSSR count). The molecule has 1 atom stereocenters. The molecule has 0 saturated carbocycles. The van der Waals surface area contributed by atoms with Crippen molar-refractivity contribution in [2.75, 3.05) is 0 Å². The molecule has 23 heavy (non-hydrogen) atoms. The fraction of sp³-hybridized carbons (Fsp3) is 0.222. The topological polar surface area (TPSA) is 9.23 Å². The van der Waals surface area contributed by atoms with Crippen LogP contribution in [-0.4, -0.2) is 6.10 Å². The molecular formula is C18H15BrCl2OZr. The second kappa shape index (κ2) is 10.0. The fourth-order valence-corrected chi connectivity index (χ4v) is 2.71. The minimum atomic E-state index is 0. The van der Waals surface area contributed by atoms with Crippen molar-refractivity contribution in [1.29, 1.82) is 0 Å². The normalized spacial score (nSPS) is 18.4. The van der Waals surface area contributed by atoms with Crippen molar-refractivity contribution in [2.24, 2.45) is 0 Å². The molecule has 0 amide bonds. The van der Waals surface area contributed by atoms with Crippen LogP contribution in [0.25, 0.3) is 11.8 Å². The van der Waals surface area contributed by atoms with Gasteiger partial charge in [0.15, 0.2) is 0 Å². The van der Waals surface area contributed by atoms with Crippen molar-refractivity contribution in [3.63, 3.8) is 0 Å². The number of halogens is 3. The van der Waals surface area contributed by atoms with Gasteiger partial charge >= 0.3 is 26.2 Å². The van der Waals surface area contributed by atoms with Crippen LogP contribution in [0.5, 0.6) is 0 Å². The van der Waals surface area contributed by atoms with E-state index in [0.29, 0.717) is 0 Å². The molecule has 0 bridgehead atoms. The zero-order valence-electron chi connectivity index (χ0n) is 12.8. The second-order valence-electron chi connectivity index (χ2n) is 4.97. The number of allylic oxidation sites excluding steroid dienone is 4. The molecule has 0 spiro atoms. The van der Waals surface area contributed by atoms with Crippen molar-refractivity contribution in [3.8, 4) is 0 Å². The maximum absolute atomic E-state index is 5.83. The van der Waals surface area contributed by atoms with E-state index >= 15 is 0 Å². The molecule has 1 aromatic carbocycles. The van der Waals surface area contributed by atoms with Gasteiger partial charge in [0.05, 0.1) is 6.10 Å². The molecule has 1 aliphatic heterocycles. The van der Waals surface area contributed by atoms with Gasteiger partial charge in [-0.2, -0.15) is 6.08 Å². The van der Waals surface area contributed by atoms with E-state index in [1.54, 1.807) is 0 Å². The summed E-state index contributed by atoms with van der Waals surface area (Å²) in [5, 5.41) is 2.29. The van der Waals surface area contributed by atoms with Crippen molar-refractivity contribution in [3.05, 3.63) is 68.6 Å². The van der Waals surface area contributed by atoms with Gasteiger partial charge < -0.3 is 29.6 Å². The monoisotopic (exact) mass is 486 g/mol. The van der Waals surface area contributed by atoms with Crippen molar-refractivity contribution < 1.29 is 55.8 Å². The molecular weight excluding hydrogens is 474 g/mol. The standard InChI is InChI=1S/C13H10BrO.C5H5.2ClH.Zr/c1-7-8(2)15-13-11-4-3-10(14)5-9(11)6-12(7)13;1-2-4-5-3-1;;;/h3-5,8H,1-2H3;1-3H,4H2;2*1H;/q2*-1;;;+4/p-2. The summed E-state index contributed by atoms with van der Waals surface area (Å²) in [7, 11) is 0. The Balaban J connectivity index is 0.000000529. The molecule has 0 radical (unpaired) electrons. The van der Waals surface area contributed by atoms with Crippen molar-refractivity contribution >= 4 is 27.8 Å². The number of fused-ring (bicyclic) bond motifs is 2. The van der Waals surface area contributed by atoms with Gasteiger partial charge in [-0.1, -0.05) is 51.4 Å². The van der Waals surface area contributed by atoms with Crippen LogP contribution in [-0.2, 0) is 30.9 Å². The van der Waals surface area contributed by atoms with E-state index in [2.05, 4.69) is 60.1 Å². The number of ether oxygens (including phenoxy) is 1. The van der Waals surface area contributed by atoms with Crippen LogP contribution in [0.1, 0.15) is 20.3 Å². The minimum absolute atomic E-state index is 0. The van der Waals surface area contributed by atoms with E-state index in [-0.39, 0.29) is 57.1 Å². The predicted octanol–water partition coefficient (Wildman–Crippen LogP) is -2.73. The minimum Gasteiger partial charge on any atom is -1.00 e. The molecule has 3 aliphatic rings. The van der Waals surface area contributed by atoms with Crippen LogP contribution in [0.15, 0.2) is 52.0 Å². The van der Waals surface area contributed by atoms with Gasteiger partial charge in [-0.3, -0.25) is 6.08 Å². The van der Waals surface area contributed by atoms with Gasteiger partial charge in [-0.15, -0.1) is 23.8 Å². The maximum Gasteiger partial charge on any atom is 4.00 e. The summed E-state index contributed by atoms with van der Waals surface area (Å²) in [5.74, 6) is 1.00. The molecule has 1 nitrogen and oxygen atoms in total. The quantitative estimate of drug-likeness (QED) is 0.360. The summed E-state index contributed by atoms with van der Waals surface area (Å²) >= 11 is 3.47. The van der Waals surface area contributed by atoms with Crippen LogP contribution in [0.3, 0.4) is 0 Å². The van der Waals surface area contributed by atoms with E-state index in [4.69, 9.17) is 4.74 Å². The van der Waals surface area contributed by atoms with E-state index in [9.17, 15) is 0 Å². The van der Waals surface area contributed by atoms with Gasteiger partial charge in [-0.05, 0) is 11.4 Å². The Kier molecular flexibility index (Phi) is 10.0. The van der Waals surface area contributed by atoms with Gasteiger partial charge in [0.2, 0.25) is 0 Å². The number of hydrogen-bond acceptors (Lipinski definition) is 1. The Labute approximate surface area is 177 Å². The zero-order chi connectivity index (χ0) is 14.1. The van der Waals surface area contributed by atoms with E-state index in [1.165, 1.54) is 5.57 Å². The van der Waals surface area contributed by atoms with Crippen molar-refractivity contribution in [1.82, 2.24) is 0 Å². The van der Waals surface area contributed by atoms with Gasteiger partial charge in [0.1, 0.15) is 0 Å². The molecule has 2 aliphatic carbocycles. The van der Waals surface area contributed by atoms with Crippen LogP contribution >= 0.6 is 15.9 Å². The molecule has 1 unspecified atom stereocenters. The molecule has 1 aromatic rings. The third kappa shape index (κ3) is 4.95. The van der Waals surface area contributed by atoms with Gasteiger partial charge in [-0.25, -0.2) is 12.2 Å². The first-order chi connectivity index (χ1) is 9.66. The molecule has 1 heterocycles. The summed E-state index contributed by atoms with van der Waals surface area (Å²) < 4.78 is 6.91. The third-order valence-corrected chi connectivity index (χ3v) is 4.09. The number of hydrogen-bond donors (Lipinski definition) is 0. The van der Waals surface area contributed by atoms with E-state index < -0.39 is 0 Å². The van der Waals surface area contributed by atoms with E-state index in [0.717, 1.165) is 32.7 Å². The second-order valence-corrected chi connectivity index (χ2v) is 5.88. The largest absolute Gasteiger partial charge is 4.00 e. The van der Waals surface area contributed by atoms with Crippen molar-refractivity contribution in [2.45, 2.75) is 26.4 Å². The van der Waals surface area contributed by atoms with Crippen LogP contribution < -0.4 is 35.3 Å². The maximum atomic E-state index is 5.83. The first kappa shape index (κ1) is 22.9. The first-order valence-corrected chi connectivity index (χ1v) is 7.49. The molecule has 0 saturated heterocycles. The smallest absolute Gasteiger partial charge is 1.00 e. The molecule has 0 fully saturated rings. The molecule has 0 aromatic heterocycles. The van der Waals surface area contributed by atoms with Gasteiger partial charge in [0.25, 0.3) is 0 Å². The predicted molar refractivity (Wildman–Crippen MR) is 85.0 cm³/mol. The molecule has 0 N–H and O–H groups in total. The number of rotatable bonds is 0. The fourth-order valence-electron chi connectivity index (χ4n) is 2.35. The van der Waals surface area contributed by atoms with Gasteiger partial charge in [0, 0.05) is 5.76 Å². The van der Waals surface area contributed by atoms with Crippen LogP contribution in [0, 0.1) is 6.08 Å². The van der Waals surface area contributed by atoms with E-state index in [1.807, 2.05) is 18.2 Å². The van der Waals surface area contributed by atoms with Crippen LogP contribution in [0.4, 0.5) is 0 Å². The zero-order valence-corrected chi connectivity index (χ0v) is 18.3. The molecule has 5 heteroatoms. The Morgan fingerprint density at radius 2 is 2.00 bits per heavy atom. The Morgan fingerprint density at radius 3 is 2.57 bits per heavy atom. The average Bonchev–Trinajstić information content (AvgIpc) is 3.13. The Bertz CT molecular complexity index is 756. The molecule has 118 valence electrons. The first-order valence-electron chi connectivity index (χ1n) is 6.70. The third-order valence-electron chi connectivity index (χ3n) is 3.60. The average molecular weight is 489 g/mol. The Hall–Kier alpha value is -0.0769. The van der Waals surface area contributed by atoms with Crippen LogP contribution in [0.2, 0.25) is 0 Å². The summed E-state index contributed by atoms with van der Waals surface area (Å²) in [4.78, 5) is 0. The summed E-state index contributed by atoms with van der Waals surface area (Å²) in [5.41, 5.74) is 2.42. The number of benzene rings is 1. The summed E-state index contributed by atoms with van der Waals surface area (Å²) in [6.07, 6.45) is 13.6. The summed E-state index contributed by atoms with van der Waals surface area (Å²) in [6, 6.07) is 6.20. The Morgan fingerprint density at radius 1 is 1.26 bits per heavy atom. The summed E-state index contributed by atoms with van der Waals surface area (Å²) in [6.45, 7) is 4.19. The SMILES string of the molecule is CC1=C2[C-]=c3cc(Br)ccc3=C2OC1C.[C-]1=CC=CC1.[Cl-].[Cl-].[Zr+4].